The highest BCUT2D eigenvalue weighted by Crippen LogP contribution is 2.22. The van der Waals surface area contributed by atoms with Gasteiger partial charge in [-0.15, -0.1) is 0 Å². The van der Waals surface area contributed by atoms with Crippen molar-refractivity contribution in [2.24, 2.45) is 7.05 Å². The van der Waals surface area contributed by atoms with Crippen molar-refractivity contribution in [3.8, 4) is 0 Å². The van der Waals surface area contributed by atoms with Crippen LogP contribution in [0.3, 0.4) is 0 Å². The van der Waals surface area contributed by atoms with E-state index in [1.54, 1.807) is 20.3 Å². The first-order valence-electron chi connectivity index (χ1n) is 9.73. The van der Waals surface area contributed by atoms with E-state index < -0.39 is 0 Å². The SMILES string of the molecule is CC(=O)N1CCCC1CN1CCN(c2ccc3c(=O)n(C)cnc3c2)CC1. The number of likely N-dealkylation sites (tertiary alicyclic amines) is 1. The lowest BCUT2D eigenvalue weighted by Gasteiger charge is -2.38. The molecule has 144 valence electrons. The maximum Gasteiger partial charge on any atom is 0.260 e. The third-order valence-electron chi connectivity index (χ3n) is 5.89. The second-order valence-corrected chi connectivity index (χ2v) is 7.66. The van der Waals surface area contributed by atoms with E-state index in [0.29, 0.717) is 11.4 Å². The van der Waals surface area contributed by atoms with Gasteiger partial charge in [-0.05, 0) is 31.0 Å². The van der Waals surface area contributed by atoms with Gasteiger partial charge in [0.2, 0.25) is 5.91 Å². The summed E-state index contributed by atoms with van der Waals surface area (Å²) in [7, 11) is 1.72. The molecule has 0 spiro atoms. The van der Waals surface area contributed by atoms with Gasteiger partial charge in [0.1, 0.15) is 0 Å². The lowest BCUT2D eigenvalue weighted by molar-refractivity contribution is -0.129. The molecule has 0 N–H and O–H groups in total. The Hall–Kier alpha value is -2.41. The summed E-state index contributed by atoms with van der Waals surface area (Å²) in [6.45, 7) is 7.43. The van der Waals surface area contributed by atoms with Gasteiger partial charge < -0.3 is 14.4 Å². The largest absolute Gasteiger partial charge is 0.369 e. The minimum Gasteiger partial charge on any atom is -0.369 e. The fraction of sp³-hybridized carbons (Fsp3) is 0.550. The molecule has 2 aromatic rings. The lowest BCUT2D eigenvalue weighted by atomic mass is 10.1. The molecule has 3 heterocycles. The minimum atomic E-state index is -0.0111. The topological polar surface area (TPSA) is 61.7 Å². The fourth-order valence-electron chi connectivity index (χ4n) is 4.32. The van der Waals surface area contributed by atoms with E-state index in [1.165, 1.54) is 4.57 Å². The van der Waals surface area contributed by atoms with E-state index >= 15 is 0 Å². The highest BCUT2D eigenvalue weighted by Gasteiger charge is 2.29. The van der Waals surface area contributed by atoms with Crippen LogP contribution in [-0.2, 0) is 11.8 Å². The molecule has 7 nitrogen and oxygen atoms in total. The molecule has 1 amide bonds. The van der Waals surface area contributed by atoms with E-state index in [-0.39, 0.29) is 11.5 Å². The van der Waals surface area contributed by atoms with Crippen molar-refractivity contribution in [1.82, 2.24) is 19.4 Å². The zero-order valence-corrected chi connectivity index (χ0v) is 16.1. The van der Waals surface area contributed by atoms with Gasteiger partial charge >= 0.3 is 0 Å². The van der Waals surface area contributed by atoms with Gasteiger partial charge in [-0.1, -0.05) is 0 Å². The lowest BCUT2D eigenvalue weighted by Crippen LogP contribution is -2.51. The van der Waals surface area contributed by atoms with Crippen LogP contribution in [0.5, 0.6) is 0 Å². The number of aromatic nitrogens is 2. The maximum absolute atomic E-state index is 12.2. The first kappa shape index (κ1) is 18.0. The normalized spacial score (nSPS) is 21.2. The number of hydrogen-bond donors (Lipinski definition) is 0. The number of carbonyl (C=O) groups excluding carboxylic acids is 1. The molecule has 0 radical (unpaired) electrons. The smallest absolute Gasteiger partial charge is 0.260 e. The van der Waals surface area contributed by atoms with Crippen molar-refractivity contribution in [3.05, 3.63) is 34.9 Å². The molecule has 1 atom stereocenters. The van der Waals surface area contributed by atoms with Crippen LogP contribution >= 0.6 is 0 Å². The van der Waals surface area contributed by atoms with Crippen LogP contribution in [-0.4, -0.2) is 70.6 Å². The number of amides is 1. The molecule has 2 fully saturated rings. The number of fused-ring (bicyclic) bond motifs is 1. The minimum absolute atomic E-state index is 0.0111. The predicted molar refractivity (Wildman–Crippen MR) is 106 cm³/mol. The van der Waals surface area contributed by atoms with Gasteiger partial charge in [0.25, 0.3) is 5.56 Å². The molecule has 0 bridgehead atoms. The van der Waals surface area contributed by atoms with Gasteiger partial charge in [0.15, 0.2) is 0 Å². The Morgan fingerprint density at radius 1 is 1.19 bits per heavy atom. The molecule has 0 aliphatic carbocycles. The Bertz CT molecular complexity index is 901. The summed E-state index contributed by atoms with van der Waals surface area (Å²) in [6.07, 6.45) is 3.81. The second kappa shape index (κ2) is 7.31. The van der Waals surface area contributed by atoms with Gasteiger partial charge in [-0.25, -0.2) is 4.98 Å². The number of carbonyl (C=O) groups is 1. The van der Waals surface area contributed by atoms with E-state index in [4.69, 9.17) is 0 Å². The number of nitrogens with zero attached hydrogens (tertiary/aromatic N) is 5. The summed E-state index contributed by atoms with van der Waals surface area (Å²) in [5.74, 6) is 0.200. The average Bonchev–Trinajstić information content (AvgIpc) is 3.14. The number of benzene rings is 1. The van der Waals surface area contributed by atoms with E-state index in [2.05, 4.69) is 14.8 Å². The monoisotopic (exact) mass is 369 g/mol. The third kappa shape index (κ3) is 3.56. The molecule has 27 heavy (non-hydrogen) atoms. The Kier molecular flexibility index (Phi) is 4.86. The summed E-state index contributed by atoms with van der Waals surface area (Å²) in [5.41, 5.74) is 1.86. The van der Waals surface area contributed by atoms with Crippen LogP contribution in [0.25, 0.3) is 10.9 Å². The molecule has 1 unspecified atom stereocenters. The molecule has 0 saturated carbocycles. The number of aryl methyl sites for hydroxylation is 1. The van der Waals surface area contributed by atoms with Crippen molar-refractivity contribution in [3.63, 3.8) is 0 Å². The summed E-state index contributed by atoms with van der Waals surface area (Å²) in [4.78, 5) is 35.2. The predicted octanol–water partition coefficient (Wildman–Crippen LogP) is 1.07. The molecule has 2 saturated heterocycles. The molecule has 2 aliphatic heterocycles. The first-order valence-corrected chi connectivity index (χ1v) is 9.73. The molecule has 2 aliphatic rings. The van der Waals surface area contributed by atoms with Crippen LogP contribution in [0.2, 0.25) is 0 Å². The number of hydrogen-bond acceptors (Lipinski definition) is 5. The fourth-order valence-corrected chi connectivity index (χ4v) is 4.32. The number of anilines is 1. The van der Waals surface area contributed by atoms with Crippen molar-refractivity contribution >= 4 is 22.5 Å². The molecule has 4 rings (SSSR count). The van der Waals surface area contributed by atoms with Gasteiger partial charge in [0, 0.05) is 65.0 Å². The quantitative estimate of drug-likeness (QED) is 0.810. The zero-order chi connectivity index (χ0) is 19.0. The molecule has 7 heteroatoms. The van der Waals surface area contributed by atoms with Gasteiger partial charge in [-0.3, -0.25) is 14.5 Å². The summed E-state index contributed by atoms with van der Waals surface area (Å²) >= 11 is 0. The Labute approximate surface area is 159 Å². The van der Waals surface area contributed by atoms with Crippen molar-refractivity contribution in [2.75, 3.05) is 44.2 Å². The number of piperazine rings is 1. The Morgan fingerprint density at radius 3 is 2.70 bits per heavy atom. The van der Waals surface area contributed by atoms with Crippen LogP contribution in [0.1, 0.15) is 19.8 Å². The number of rotatable bonds is 3. The van der Waals surface area contributed by atoms with Gasteiger partial charge in [-0.2, -0.15) is 0 Å². The second-order valence-electron chi connectivity index (χ2n) is 7.66. The van der Waals surface area contributed by atoms with E-state index in [9.17, 15) is 9.59 Å². The van der Waals surface area contributed by atoms with E-state index in [0.717, 1.165) is 63.3 Å². The van der Waals surface area contributed by atoms with Crippen molar-refractivity contribution in [2.45, 2.75) is 25.8 Å². The van der Waals surface area contributed by atoms with E-state index in [1.807, 2.05) is 23.1 Å². The maximum atomic E-state index is 12.2. The summed E-state index contributed by atoms with van der Waals surface area (Å²) < 4.78 is 1.51. The Balaban J connectivity index is 1.40. The highest BCUT2D eigenvalue weighted by molar-refractivity contribution is 5.81. The zero-order valence-electron chi connectivity index (χ0n) is 16.1. The van der Waals surface area contributed by atoms with Gasteiger partial charge in [0.05, 0.1) is 17.2 Å². The Morgan fingerprint density at radius 2 is 1.96 bits per heavy atom. The third-order valence-corrected chi connectivity index (χ3v) is 5.89. The molecular formula is C20H27N5O2. The summed E-state index contributed by atoms with van der Waals surface area (Å²) in [5, 5.41) is 0.660. The van der Waals surface area contributed by atoms with Crippen LogP contribution in [0.15, 0.2) is 29.3 Å². The summed E-state index contributed by atoms with van der Waals surface area (Å²) in [6, 6.07) is 6.29. The van der Waals surface area contributed by atoms with Crippen LogP contribution < -0.4 is 10.5 Å². The van der Waals surface area contributed by atoms with Crippen molar-refractivity contribution in [1.29, 1.82) is 0 Å². The average molecular weight is 369 g/mol. The molecular weight excluding hydrogens is 342 g/mol. The first-order chi connectivity index (χ1) is 13.0. The standard InChI is InChI=1S/C20H27N5O2/c1-15(26)25-7-3-4-17(25)13-23-8-10-24(11-9-23)16-5-6-18-19(12-16)21-14-22(2)20(18)27/h5-6,12,14,17H,3-4,7-11,13H2,1-2H3. The highest BCUT2D eigenvalue weighted by atomic mass is 16.2. The van der Waals surface area contributed by atoms with Crippen LogP contribution in [0, 0.1) is 0 Å². The van der Waals surface area contributed by atoms with Crippen LogP contribution in [0.4, 0.5) is 5.69 Å². The molecule has 1 aromatic heterocycles. The molecule has 1 aromatic carbocycles. The van der Waals surface area contributed by atoms with Crippen molar-refractivity contribution < 1.29 is 4.79 Å².